The van der Waals surface area contributed by atoms with Gasteiger partial charge in [-0.05, 0) is 42.8 Å². The standard InChI is InChI=1S/C24H24N2O4S.ClH/c1-3-26-14-13-18-20(15-26)31-23(21(18)24(28)29-2)25-22(27)17-11-7-8-12-19(17)30-16-9-5-4-6-10-16;/h4-12H,3,13-15H2,1-2H3,(H,25,27);1H. The molecule has 2 aromatic carbocycles. The van der Waals surface area contributed by atoms with Crippen LogP contribution < -0.4 is 10.1 Å². The van der Waals surface area contributed by atoms with Crippen LogP contribution in [0.5, 0.6) is 11.5 Å². The number of para-hydroxylation sites is 2. The zero-order valence-corrected chi connectivity index (χ0v) is 19.6. The molecule has 1 aliphatic rings. The van der Waals surface area contributed by atoms with E-state index >= 15 is 0 Å². The van der Waals surface area contributed by atoms with Crippen LogP contribution >= 0.6 is 23.7 Å². The summed E-state index contributed by atoms with van der Waals surface area (Å²) < 4.78 is 10.9. The lowest BCUT2D eigenvalue weighted by atomic mass is 10.0. The molecule has 0 unspecified atom stereocenters. The number of hydrogen-bond donors (Lipinski definition) is 1. The van der Waals surface area contributed by atoms with Gasteiger partial charge in [0.15, 0.2) is 0 Å². The number of nitrogens with zero attached hydrogens (tertiary/aromatic N) is 1. The third-order valence-corrected chi connectivity index (χ3v) is 6.43. The van der Waals surface area contributed by atoms with Gasteiger partial charge in [0.1, 0.15) is 16.5 Å². The maximum Gasteiger partial charge on any atom is 0.341 e. The lowest BCUT2D eigenvalue weighted by Crippen LogP contribution is -2.29. The molecule has 8 heteroatoms. The summed E-state index contributed by atoms with van der Waals surface area (Å²) in [6.07, 6.45) is 0.758. The summed E-state index contributed by atoms with van der Waals surface area (Å²) >= 11 is 1.44. The van der Waals surface area contributed by atoms with Crippen molar-refractivity contribution < 1.29 is 19.1 Å². The van der Waals surface area contributed by atoms with Crippen molar-refractivity contribution in [2.45, 2.75) is 19.9 Å². The van der Waals surface area contributed by atoms with E-state index in [1.807, 2.05) is 36.4 Å². The van der Waals surface area contributed by atoms with Crippen molar-refractivity contribution in [1.82, 2.24) is 4.90 Å². The normalized spacial score (nSPS) is 12.9. The summed E-state index contributed by atoms with van der Waals surface area (Å²) in [4.78, 5) is 29.1. The minimum Gasteiger partial charge on any atom is -0.465 e. The first kappa shape index (κ1) is 23.8. The number of methoxy groups -OCH3 is 1. The number of carbonyl (C=O) groups excluding carboxylic acids is 2. The van der Waals surface area contributed by atoms with Crippen molar-refractivity contribution in [1.29, 1.82) is 0 Å². The van der Waals surface area contributed by atoms with Gasteiger partial charge in [-0.15, -0.1) is 23.7 Å². The highest BCUT2D eigenvalue weighted by molar-refractivity contribution is 7.17. The first-order chi connectivity index (χ1) is 15.1. The average Bonchev–Trinajstić information content (AvgIpc) is 3.16. The molecular formula is C24H25ClN2O4S. The Hall–Kier alpha value is -2.87. The van der Waals surface area contributed by atoms with Crippen molar-refractivity contribution in [2.24, 2.45) is 0 Å². The minimum atomic E-state index is -0.424. The number of likely N-dealkylation sites (N-methyl/N-ethyl adjacent to an activating group) is 1. The van der Waals surface area contributed by atoms with E-state index in [0.29, 0.717) is 27.6 Å². The predicted octanol–water partition coefficient (Wildman–Crippen LogP) is 5.38. The number of carbonyl (C=O) groups is 2. The van der Waals surface area contributed by atoms with Gasteiger partial charge in [-0.1, -0.05) is 37.3 Å². The first-order valence-electron chi connectivity index (χ1n) is 10.2. The molecule has 1 N–H and O–H groups in total. The topological polar surface area (TPSA) is 67.9 Å². The maximum absolute atomic E-state index is 13.2. The summed E-state index contributed by atoms with van der Waals surface area (Å²) in [5.41, 5.74) is 1.84. The van der Waals surface area contributed by atoms with Crippen molar-refractivity contribution in [2.75, 3.05) is 25.5 Å². The molecule has 0 saturated heterocycles. The zero-order valence-electron chi connectivity index (χ0n) is 17.9. The second-order valence-electron chi connectivity index (χ2n) is 7.18. The number of rotatable bonds is 6. The highest BCUT2D eigenvalue weighted by Gasteiger charge is 2.29. The fourth-order valence-electron chi connectivity index (χ4n) is 3.66. The largest absolute Gasteiger partial charge is 0.465 e. The van der Waals surface area contributed by atoms with Gasteiger partial charge < -0.3 is 14.8 Å². The monoisotopic (exact) mass is 472 g/mol. The van der Waals surface area contributed by atoms with E-state index in [2.05, 4.69) is 17.1 Å². The number of ether oxygens (including phenoxy) is 2. The van der Waals surface area contributed by atoms with E-state index in [4.69, 9.17) is 9.47 Å². The predicted molar refractivity (Wildman–Crippen MR) is 128 cm³/mol. The quantitative estimate of drug-likeness (QED) is 0.488. The molecule has 0 atom stereocenters. The van der Waals surface area contributed by atoms with Crippen molar-refractivity contribution in [3.05, 3.63) is 76.2 Å². The number of fused-ring (bicyclic) bond motifs is 1. The highest BCUT2D eigenvalue weighted by Crippen LogP contribution is 2.38. The Morgan fingerprint density at radius 2 is 1.81 bits per heavy atom. The Bertz CT molecular complexity index is 1100. The molecule has 0 fully saturated rings. The van der Waals surface area contributed by atoms with Crippen LogP contribution in [0.4, 0.5) is 5.00 Å². The molecule has 1 aromatic heterocycles. The van der Waals surface area contributed by atoms with E-state index in [1.54, 1.807) is 18.2 Å². The van der Waals surface area contributed by atoms with E-state index in [-0.39, 0.29) is 18.3 Å². The van der Waals surface area contributed by atoms with E-state index in [9.17, 15) is 9.59 Å². The number of hydrogen-bond acceptors (Lipinski definition) is 6. The van der Waals surface area contributed by atoms with Gasteiger partial charge >= 0.3 is 5.97 Å². The second-order valence-corrected chi connectivity index (χ2v) is 8.29. The molecule has 6 nitrogen and oxygen atoms in total. The van der Waals surface area contributed by atoms with Crippen LogP contribution in [-0.4, -0.2) is 37.0 Å². The number of amides is 1. The van der Waals surface area contributed by atoms with Gasteiger partial charge in [-0.3, -0.25) is 9.69 Å². The third kappa shape index (κ3) is 4.96. The first-order valence-corrected chi connectivity index (χ1v) is 11.0. The lowest BCUT2D eigenvalue weighted by molar-refractivity contribution is 0.0600. The van der Waals surface area contributed by atoms with Crippen LogP contribution in [0, 0.1) is 0 Å². The van der Waals surface area contributed by atoms with E-state index < -0.39 is 5.97 Å². The fraction of sp³-hybridized carbons (Fsp3) is 0.250. The second kappa shape index (κ2) is 10.6. The summed E-state index contributed by atoms with van der Waals surface area (Å²) in [7, 11) is 1.36. The highest BCUT2D eigenvalue weighted by atomic mass is 35.5. The molecule has 2 heterocycles. The molecule has 0 spiro atoms. The maximum atomic E-state index is 13.2. The third-order valence-electron chi connectivity index (χ3n) is 5.30. The molecule has 0 saturated carbocycles. The Morgan fingerprint density at radius 3 is 2.53 bits per heavy atom. The number of esters is 1. The Morgan fingerprint density at radius 1 is 1.09 bits per heavy atom. The molecule has 0 bridgehead atoms. The summed E-state index contributed by atoms with van der Waals surface area (Å²) in [6, 6.07) is 16.4. The number of nitrogens with one attached hydrogen (secondary N) is 1. The van der Waals surface area contributed by atoms with Crippen LogP contribution in [-0.2, 0) is 17.7 Å². The molecule has 32 heavy (non-hydrogen) atoms. The minimum absolute atomic E-state index is 0. The van der Waals surface area contributed by atoms with Gasteiger partial charge in [0.2, 0.25) is 0 Å². The molecule has 0 radical (unpaired) electrons. The number of halogens is 1. The van der Waals surface area contributed by atoms with Crippen LogP contribution in [0.1, 0.15) is 38.1 Å². The van der Waals surface area contributed by atoms with Gasteiger partial charge in [0, 0.05) is 18.0 Å². The van der Waals surface area contributed by atoms with Gasteiger partial charge in [-0.2, -0.15) is 0 Å². The van der Waals surface area contributed by atoms with Gasteiger partial charge in [0.25, 0.3) is 5.91 Å². The van der Waals surface area contributed by atoms with Crippen LogP contribution in [0.15, 0.2) is 54.6 Å². The SMILES string of the molecule is CCN1CCc2c(sc(NC(=O)c3ccccc3Oc3ccccc3)c2C(=O)OC)C1.Cl. The van der Waals surface area contributed by atoms with Crippen LogP contribution in [0.25, 0.3) is 0 Å². The fourth-order valence-corrected chi connectivity index (χ4v) is 4.93. The average molecular weight is 473 g/mol. The molecule has 0 aliphatic carbocycles. The van der Waals surface area contributed by atoms with E-state index in [1.165, 1.54) is 18.4 Å². The Balaban J connectivity index is 0.00000289. The lowest BCUT2D eigenvalue weighted by Gasteiger charge is -2.25. The smallest absolute Gasteiger partial charge is 0.341 e. The zero-order chi connectivity index (χ0) is 21.8. The molecule has 1 aliphatic heterocycles. The Kier molecular flexibility index (Phi) is 7.90. The summed E-state index contributed by atoms with van der Waals surface area (Å²) in [5, 5.41) is 3.46. The molecule has 168 valence electrons. The van der Waals surface area contributed by atoms with Crippen molar-refractivity contribution in [3.63, 3.8) is 0 Å². The molecule has 4 rings (SSSR count). The van der Waals surface area contributed by atoms with Gasteiger partial charge in [-0.25, -0.2) is 4.79 Å². The Labute approximate surface area is 197 Å². The molecule has 1 amide bonds. The van der Waals surface area contributed by atoms with Crippen LogP contribution in [0.2, 0.25) is 0 Å². The molecule has 3 aromatic rings. The molecular weight excluding hydrogens is 448 g/mol. The van der Waals surface area contributed by atoms with Gasteiger partial charge in [0.05, 0.1) is 18.2 Å². The van der Waals surface area contributed by atoms with Crippen molar-refractivity contribution >= 4 is 40.6 Å². The number of anilines is 1. The summed E-state index contributed by atoms with van der Waals surface area (Å²) in [6.45, 7) is 4.71. The summed E-state index contributed by atoms with van der Waals surface area (Å²) in [5.74, 6) is 0.336. The number of benzene rings is 2. The van der Waals surface area contributed by atoms with E-state index in [0.717, 1.165) is 36.5 Å². The van der Waals surface area contributed by atoms with Crippen LogP contribution in [0.3, 0.4) is 0 Å². The van der Waals surface area contributed by atoms with Crippen molar-refractivity contribution in [3.8, 4) is 11.5 Å². The number of thiophene rings is 1.